The van der Waals surface area contributed by atoms with Gasteiger partial charge in [-0.2, -0.15) is 0 Å². The van der Waals surface area contributed by atoms with Gasteiger partial charge in [0.15, 0.2) is 11.4 Å². The highest BCUT2D eigenvalue weighted by atomic mass is 16.5. The minimum Gasteiger partial charge on any atom is -0.490 e. The predicted octanol–water partition coefficient (Wildman–Crippen LogP) is 1.36. The number of fused-ring (bicyclic) bond motifs is 1. The highest BCUT2D eigenvalue weighted by Gasteiger charge is 2.22. The summed E-state index contributed by atoms with van der Waals surface area (Å²) in [4.78, 5) is 18.6. The lowest BCUT2D eigenvalue weighted by atomic mass is 10.2. The zero-order valence-electron chi connectivity index (χ0n) is 12.7. The Morgan fingerprint density at radius 3 is 2.86 bits per heavy atom. The number of aliphatic hydroxyl groups excluding tert-OH is 1. The standard InChI is InChI=1S/C15H21N3O3/c1-4-11-13(15(20)17(3)9-10-19)18-8-6-7-12(21-5-2)14(18)16-11/h6-8,19H,4-5,9-10H2,1-3H3. The number of pyridine rings is 1. The van der Waals surface area contributed by atoms with Gasteiger partial charge in [-0.1, -0.05) is 6.92 Å². The molecule has 2 rings (SSSR count). The van der Waals surface area contributed by atoms with Crippen molar-refractivity contribution in [3.63, 3.8) is 0 Å². The number of ether oxygens (including phenoxy) is 1. The molecule has 0 aromatic carbocycles. The first-order chi connectivity index (χ1) is 10.1. The van der Waals surface area contributed by atoms with Crippen molar-refractivity contribution in [2.45, 2.75) is 20.3 Å². The average molecular weight is 291 g/mol. The molecule has 114 valence electrons. The van der Waals surface area contributed by atoms with Gasteiger partial charge in [0.25, 0.3) is 5.91 Å². The Labute approximate surface area is 124 Å². The summed E-state index contributed by atoms with van der Waals surface area (Å²) in [6, 6.07) is 3.68. The number of aryl methyl sites for hydroxylation is 1. The van der Waals surface area contributed by atoms with E-state index in [0.717, 1.165) is 5.69 Å². The molecule has 2 aromatic heterocycles. The number of aliphatic hydroxyl groups is 1. The topological polar surface area (TPSA) is 67.1 Å². The molecule has 0 aliphatic rings. The van der Waals surface area contributed by atoms with Crippen LogP contribution in [0.1, 0.15) is 30.0 Å². The Kier molecular flexibility index (Phi) is 4.80. The maximum atomic E-state index is 12.6. The second-order valence-electron chi connectivity index (χ2n) is 4.71. The van der Waals surface area contributed by atoms with Crippen LogP contribution in [0.25, 0.3) is 5.65 Å². The van der Waals surface area contributed by atoms with Gasteiger partial charge < -0.3 is 14.7 Å². The van der Waals surface area contributed by atoms with E-state index in [-0.39, 0.29) is 12.5 Å². The molecule has 0 atom stereocenters. The fraction of sp³-hybridized carbons (Fsp3) is 0.467. The van der Waals surface area contributed by atoms with E-state index < -0.39 is 0 Å². The number of carbonyl (C=O) groups is 1. The van der Waals surface area contributed by atoms with E-state index in [1.807, 2.05) is 32.2 Å². The molecule has 0 spiro atoms. The van der Waals surface area contributed by atoms with E-state index in [1.54, 1.807) is 11.4 Å². The molecule has 1 N–H and O–H groups in total. The van der Waals surface area contributed by atoms with Gasteiger partial charge in [-0.25, -0.2) is 4.98 Å². The molecule has 0 radical (unpaired) electrons. The van der Waals surface area contributed by atoms with Gasteiger partial charge in [0.05, 0.1) is 18.9 Å². The van der Waals surface area contributed by atoms with Crippen molar-refractivity contribution in [1.29, 1.82) is 0 Å². The molecule has 1 amide bonds. The summed E-state index contributed by atoms with van der Waals surface area (Å²) in [7, 11) is 1.67. The molecule has 0 saturated carbocycles. The number of rotatable bonds is 6. The monoisotopic (exact) mass is 291 g/mol. The second-order valence-corrected chi connectivity index (χ2v) is 4.71. The molecule has 0 unspecified atom stereocenters. The van der Waals surface area contributed by atoms with Crippen LogP contribution >= 0.6 is 0 Å². The second kappa shape index (κ2) is 6.58. The van der Waals surface area contributed by atoms with Gasteiger partial charge in [-0.3, -0.25) is 9.20 Å². The van der Waals surface area contributed by atoms with Crippen molar-refractivity contribution >= 4 is 11.6 Å². The van der Waals surface area contributed by atoms with Crippen molar-refractivity contribution < 1.29 is 14.6 Å². The third-order valence-electron chi connectivity index (χ3n) is 3.31. The Morgan fingerprint density at radius 1 is 1.48 bits per heavy atom. The number of hydrogen-bond acceptors (Lipinski definition) is 4. The number of nitrogens with zero attached hydrogens (tertiary/aromatic N) is 3. The van der Waals surface area contributed by atoms with E-state index in [1.165, 1.54) is 4.90 Å². The van der Waals surface area contributed by atoms with E-state index in [4.69, 9.17) is 9.84 Å². The molecule has 0 aliphatic heterocycles. The predicted molar refractivity (Wildman–Crippen MR) is 79.8 cm³/mol. The smallest absolute Gasteiger partial charge is 0.272 e. The van der Waals surface area contributed by atoms with E-state index in [2.05, 4.69) is 4.98 Å². The molecule has 21 heavy (non-hydrogen) atoms. The minimum atomic E-state index is -0.151. The Morgan fingerprint density at radius 2 is 2.24 bits per heavy atom. The van der Waals surface area contributed by atoms with Crippen LogP contribution in [0.5, 0.6) is 5.75 Å². The Hall–Kier alpha value is -2.08. The molecular formula is C15H21N3O3. The zero-order valence-corrected chi connectivity index (χ0v) is 12.7. The average Bonchev–Trinajstić information content (AvgIpc) is 2.86. The zero-order chi connectivity index (χ0) is 15.4. The third kappa shape index (κ3) is 2.85. The van der Waals surface area contributed by atoms with Crippen LogP contribution in [0.3, 0.4) is 0 Å². The number of hydrogen-bond donors (Lipinski definition) is 1. The molecule has 0 bridgehead atoms. The highest BCUT2D eigenvalue weighted by Crippen LogP contribution is 2.23. The maximum Gasteiger partial charge on any atom is 0.272 e. The third-order valence-corrected chi connectivity index (χ3v) is 3.31. The fourth-order valence-electron chi connectivity index (χ4n) is 2.26. The van der Waals surface area contributed by atoms with E-state index in [9.17, 15) is 4.79 Å². The van der Waals surface area contributed by atoms with Gasteiger partial charge >= 0.3 is 0 Å². The number of imidazole rings is 1. The number of likely N-dealkylation sites (N-methyl/N-ethyl adjacent to an activating group) is 1. The summed E-state index contributed by atoms with van der Waals surface area (Å²) in [5.74, 6) is 0.514. The molecule has 6 heteroatoms. The molecule has 2 aromatic rings. The first-order valence-corrected chi connectivity index (χ1v) is 7.13. The number of aromatic nitrogens is 2. The van der Waals surface area contributed by atoms with Crippen LogP contribution in [0.4, 0.5) is 0 Å². The van der Waals surface area contributed by atoms with Gasteiger partial charge in [-0.15, -0.1) is 0 Å². The summed E-state index contributed by atoms with van der Waals surface area (Å²) in [6.45, 7) is 4.64. The quantitative estimate of drug-likeness (QED) is 0.872. The summed E-state index contributed by atoms with van der Waals surface area (Å²) in [6.07, 6.45) is 2.46. The summed E-state index contributed by atoms with van der Waals surface area (Å²) < 4.78 is 7.34. The lowest BCUT2D eigenvalue weighted by Crippen LogP contribution is -2.31. The van der Waals surface area contributed by atoms with Crippen molar-refractivity contribution in [2.24, 2.45) is 0 Å². The first kappa shape index (κ1) is 15.3. The minimum absolute atomic E-state index is 0.0649. The number of carbonyl (C=O) groups excluding carboxylic acids is 1. The maximum absolute atomic E-state index is 12.6. The van der Waals surface area contributed by atoms with Crippen molar-refractivity contribution in [3.8, 4) is 5.75 Å². The molecule has 0 saturated heterocycles. The molecule has 2 heterocycles. The van der Waals surface area contributed by atoms with Gasteiger partial charge in [0, 0.05) is 19.8 Å². The van der Waals surface area contributed by atoms with Crippen LogP contribution in [-0.2, 0) is 6.42 Å². The van der Waals surface area contributed by atoms with Gasteiger partial charge in [0.2, 0.25) is 0 Å². The SMILES string of the molecule is CCOc1cccn2c(C(=O)N(C)CCO)c(CC)nc12. The summed E-state index contributed by atoms with van der Waals surface area (Å²) in [5, 5.41) is 9.00. The van der Waals surface area contributed by atoms with Gasteiger partial charge in [0.1, 0.15) is 5.69 Å². The lowest BCUT2D eigenvalue weighted by Gasteiger charge is -2.16. The number of amides is 1. The van der Waals surface area contributed by atoms with Crippen LogP contribution in [0.2, 0.25) is 0 Å². The molecular weight excluding hydrogens is 270 g/mol. The fourth-order valence-corrected chi connectivity index (χ4v) is 2.26. The summed E-state index contributed by atoms with van der Waals surface area (Å²) in [5.41, 5.74) is 1.92. The van der Waals surface area contributed by atoms with Crippen molar-refractivity contribution in [1.82, 2.24) is 14.3 Å². The van der Waals surface area contributed by atoms with Gasteiger partial charge in [-0.05, 0) is 25.5 Å². The van der Waals surface area contributed by atoms with Crippen LogP contribution in [0.15, 0.2) is 18.3 Å². The van der Waals surface area contributed by atoms with Crippen LogP contribution in [0, 0.1) is 0 Å². The van der Waals surface area contributed by atoms with E-state index in [0.29, 0.717) is 36.7 Å². The molecule has 0 aliphatic carbocycles. The van der Waals surface area contributed by atoms with Crippen molar-refractivity contribution in [3.05, 3.63) is 29.7 Å². The molecule has 0 fully saturated rings. The summed E-state index contributed by atoms with van der Waals surface area (Å²) >= 11 is 0. The molecule has 6 nitrogen and oxygen atoms in total. The highest BCUT2D eigenvalue weighted by molar-refractivity contribution is 5.95. The largest absolute Gasteiger partial charge is 0.490 e. The first-order valence-electron chi connectivity index (χ1n) is 7.13. The van der Waals surface area contributed by atoms with Crippen LogP contribution < -0.4 is 4.74 Å². The normalized spacial score (nSPS) is 10.9. The van der Waals surface area contributed by atoms with Crippen molar-refractivity contribution in [2.75, 3.05) is 26.8 Å². The Balaban J connectivity index is 2.56. The lowest BCUT2D eigenvalue weighted by molar-refractivity contribution is 0.0759. The van der Waals surface area contributed by atoms with Crippen LogP contribution in [-0.4, -0.2) is 52.1 Å². The van der Waals surface area contributed by atoms with E-state index >= 15 is 0 Å². The Bertz CT molecular complexity index is 636.